The summed E-state index contributed by atoms with van der Waals surface area (Å²) in [6.07, 6.45) is 0. The Morgan fingerprint density at radius 1 is 1.32 bits per heavy atom. The molecule has 9 heteroatoms. The molecule has 0 aliphatic carbocycles. The quantitative estimate of drug-likeness (QED) is 0.206. The van der Waals surface area contributed by atoms with Gasteiger partial charge >= 0.3 is 5.97 Å². The third-order valence-electron chi connectivity index (χ3n) is 4.31. The molecular formula is C19H26ClN5O3. The summed E-state index contributed by atoms with van der Waals surface area (Å²) in [6.45, 7) is 6.07. The van der Waals surface area contributed by atoms with Crippen molar-refractivity contribution in [1.29, 1.82) is 5.41 Å². The van der Waals surface area contributed by atoms with Gasteiger partial charge in [-0.05, 0) is 19.1 Å². The van der Waals surface area contributed by atoms with Crippen molar-refractivity contribution in [3.05, 3.63) is 46.2 Å². The van der Waals surface area contributed by atoms with E-state index in [-0.39, 0.29) is 27.7 Å². The SMILES string of the molecule is CC(=N)/C(C(=O)OCC(=O)c1ccccc1Cl)=C(/N)NCCN1CCNCC1. The van der Waals surface area contributed by atoms with E-state index >= 15 is 0 Å². The van der Waals surface area contributed by atoms with Crippen LogP contribution in [0.2, 0.25) is 5.02 Å². The average Bonchev–Trinajstić information content (AvgIpc) is 2.67. The molecule has 0 saturated carbocycles. The second-order valence-electron chi connectivity index (χ2n) is 6.41. The molecule has 152 valence electrons. The molecular weight excluding hydrogens is 382 g/mol. The van der Waals surface area contributed by atoms with E-state index in [9.17, 15) is 9.59 Å². The number of nitrogens with zero attached hydrogens (tertiary/aromatic N) is 1. The summed E-state index contributed by atoms with van der Waals surface area (Å²) >= 11 is 5.98. The zero-order valence-corrected chi connectivity index (χ0v) is 16.6. The number of halogens is 1. The predicted molar refractivity (Wildman–Crippen MR) is 109 cm³/mol. The zero-order valence-electron chi connectivity index (χ0n) is 15.9. The Morgan fingerprint density at radius 2 is 2.00 bits per heavy atom. The van der Waals surface area contributed by atoms with Crippen molar-refractivity contribution in [3.63, 3.8) is 0 Å². The van der Waals surface area contributed by atoms with Gasteiger partial charge in [-0.3, -0.25) is 9.69 Å². The molecule has 1 fully saturated rings. The van der Waals surface area contributed by atoms with Gasteiger partial charge in [-0.1, -0.05) is 23.7 Å². The zero-order chi connectivity index (χ0) is 20.5. The van der Waals surface area contributed by atoms with Crippen LogP contribution in [0.1, 0.15) is 17.3 Å². The molecule has 1 aromatic carbocycles. The maximum Gasteiger partial charge on any atom is 0.344 e. The van der Waals surface area contributed by atoms with Gasteiger partial charge in [0.25, 0.3) is 0 Å². The van der Waals surface area contributed by atoms with Crippen molar-refractivity contribution in [3.8, 4) is 0 Å². The van der Waals surface area contributed by atoms with Crippen LogP contribution in [0.4, 0.5) is 0 Å². The van der Waals surface area contributed by atoms with Crippen molar-refractivity contribution < 1.29 is 14.3 Å². The second kappa shape index (κ2) is 10.8. The summed E-state index contributed by atoms with van der Waals surface area (Å²) in [5, 5.41) is 14.4. The molecule has 2 rings (SSSR count). The van der Waals surface area contributed by atoms with Crippen molar-refractivity contribution in [2.24, 2.45) is 5.73 Å². The van der Waals surface area contributed by atoms with Crippen LogP contribution in [-0.2, 0) is 9.53 Å². The lowest BCUT2D eigenvalue weighted by molar-refractivity contribution is -0.137. The summed E-state index contributed by atoms with van der Waals surface area (Å²) in [4.78, 5) is 26.8. The van der Waals surface area contributed by atoms with Crippen LogP contribution in [-0.4, -0.2) is 68.2 Å². The van der Waals surface area contributed by atoms with Gasteiger partial charge in [-0.25, -0.2) is 4.79 Å². The number of ether oxygens (including phenoxy) is 1. The first-order valence-corrected chi connectivity index (χ1v) is 9.45. The maximum atomic E-state index is 12.4. The highest BCUT2D eigenvalue weighted by atomic mass is 35.5. The molecule has 0 aromatic heterocycles. The second-order valence-corrected chi connectivity index (χ2v) is 6.82. The fourth-order valence-electron chi connectivity index (χ4n) is 2.81. The van der Waals surface area contributed by atoms with Crippen molar-refractivity contribution in [2.45, 2.75) is 6.92 Å². The van der Waals surface area contributed by atoms with E-state index in [1.807, 2.05) is 0 Å². The Bertz CT molecular complexity index is 760. The maximum absolute atomic E-state index is 12.4. The van der Waals surface area contributed by atoms with Gasteiger partial charge in [0.15, 0.2) is 6.61 Å². The molecule has 0 spiro atoms. The first-order valence-electron chi connectivity index (χ1n) is 9.07. The molecule has 1 heterocycles. The van der Waals surface area contributed by atoms with E-state index in [1.54, 1.807) is 24.3 Å². The lowest BCUT2D eigenvalue weighted by atomic mass is 10.1. The Balaban J connectivity index is 1.92. The van der Waals surface area contributed by atoms with Gasteiger partial charge in [0.05, 0.1) is 5.02 Å². The summed E-state index contributed by atoms with van der Waals surface area (Å²) in [5.74, 6) is -1.18. The Kier molecular flexibility index (Phi) is 8.43. The molecule has 1 aromatic rings. The van der Waals surface area contributed by atoms with E-state index in [0.717, 1.165) is 32.7 Å². The van der Waals surface area contributed by atoms with Gasteiger partial charge in [0.1, 0.15) is 11.4 Å². The Morgan fingerprint density at radius 3 is 2.64 bits per heavy atom. The highest BCUT2D eigenvalue weighted by Gasteiger charge is 2.20. The van der Waals surface area contributed by atoms with E-state index in [2.05, 4.69) is 15.5 Å². The number of hydrogen-bond donors (Lipinski definition) is 4. The number of nitrogens with two attached hydrogens (primary N) is 1. The molecule has 0 atom stereocenters. The third-order valence-corrected chi connectivity index (χ3v) is 4.64. The third kappa shape index (κ3) is 6.33. The lowest BCUT2D eigenvalue weighted by Crippen LogP contribution is -2.46. The standard InChI is InChI=1S/C19H26ClN5O3/c1-13(21)17(18(22)24-8-11-25-9-6-23-7-10-25)19(27)28-12-16(26)14-4-2-3-5-15(14)20/h2-5,21,23-24H,6-12,22H2,1H3/b18-17+,21-13?. The lowest BCUT2D eigenvalue weighted by Gasteiger charge is -2.27. The molecule has 0 bridgehead atoms. The number of carbonyl (C=O) groups excluding carboxylic acids is 2. The summed E-state index contributed by atoms with van der Waals surface area (Å²) < 4.78 is 5.07. The monoisotopic (exact) mass is 407 g/mol. The minimum atomic E-state index is -0.819. The normalized spacial score (nSPS) is 15.5. The van der Waals surface area contributed by atoms with Crippen molar-refractivity contribution in [2.75, 3.05) is 45.9 Å². The van der Waals surface area contributed by atoms with E-state index in [4.69, 9.17) is 27.5 Å². The number of benzene rings is 1. The van der Waals surface area contributed by atoms with Gasteiger partial charge in [0.2, 0.25) is 5.78 Å². The van der Waals surface area contributed by atoms with Gasteiger partial charge in [0, 0.05) is 50.5 Å². The van der Waals surface area contributed by atoms with Crippen LogP contribution in [0.25, 0.3) is 0 Å². The van der Waals surface area contributed by atoms with Crippen LogP contribution in [0.3, 0.4) is 0 Å². The topological polar surface area (TPSA) is 121 Å². The van der Waals surface area contributed by atoms with E-state index in [1.165, 1.54) is 6.92 Å². The number of ketones is 1. The number of Topliss-reactive ketones (excluding diaryl/α,β-unsaturated/α-hetero) is 1. The number of nitrogens with one attached hydrogen (secondary N) is 3. The van der Waals surface area contributed by atoms with Crippen LogP contribution in [0, 0.1) is 5.41 Å². The minimum Gasteiger partial charge on any atom is -0.454 e. The molecule has 0 radical (unpaired) electrons. The Labute approximate surface area is 169 Å². The number of carbonyl (C=O) groups is 2. The molecule has 0 amide bonds. The fraction of sp³-hybridized carbons (Fsp3) is 0.421. The first-order chi connectivity index (χ1) is 13.4. The molecule has 8 nitrogen and oxygen atoms in total. The predicted octanol–water partition coefficient (Wildman–Crippen LogP) is 0.771. The molecule has 1 aliphatic heterocycles. The van der Waals surface area contributed by atoms with Crippen molar-refractivity contribution in [1.82, 2.24) is 15.5 Å². The summed E-state index contributed by atoms with van der Waals surface area (Å²) in [7, 11) is 0. The molecule has 0 unspecified atom stereocenters. The van der Waals surface area contributed by atoms with Crippen molar-refractivity contribution >= 4 is 29.1 Å². The molecule has 28 heavy (non-hydrogen) atoms. The fourth-order valence-corrected chi connectivity index (χ4v) is 3.05. The largest absolute Gasteiger partial charge is 0.454 e. The summed E-state index contributed by atoms with van der Waals surface area (Å²) in [5.41, 5.74) is 6.13. The minimum absolute atomic E-state index is 0.0395. The molecule has 5 N–H and O–H groups in total. The first kappa shape index (κ1) is 21.9. The van der Waals surface area contributed by atoms with E-state index < -0.39 is 18.4 Å². The highest BCUT2D eigenvalue weighted by molar-refractivity contribution is 6.34. The smallest absolute Gasteiger partial charge is 0.344 e. The number of esters is 1. The van der Waals surface area contributed by atoms with Crippen LogP contribution in [0.5, 0.6) is 0 Å². The van der Waals surface area contributed by atoms with Crippen LogP contribution >= 0.6 is 11.6 Å². The average molecular weight is 408 g/mol. The number of rotatable bonds is 9. The highest BCUT2D eigenvalue weighted by Crippen LogP contribution is 2.15. The van der Waals surface area contributed by atoms with Crippen LogP contribution < -0.4 is 16.4 Å². The van der Waals surface area contributed by atoms with Gasteiger partial charge in [-0.2, -0.15) is 0 Å². The number of piperazine rings is 1. The molecule has 1 aliphatic rings. The number of hydrogen-bond acceptors (Lipinski definition) is 8. The summed E-state index contributed by atoms with van der Waals surface area (Å²) in [6, 6.07) is 6.53. The van der Waals surface area contributed by atoms with E-state index in [0.29, 0.717) is 6.54 Å². The molecule has 1 saturated heterocycles. The van der Waals surface area contributed by atoms with Crippen LogP contribution in [0.15, 0.2) is 35.7 Å². The Hall–Kier alpha value is -2.42. The van der Waals surface area contributed by atoms with Gasteiger partial charge < -0.3 is 26.5 Å². The van der Waals surface area contributed by atoms with Gasteiger partial charge in [-0.15, -0.1) is 0 Å².